The molecule has 3 heteroatoms. The standard InChI is InChI=1S/C15H17N3/c1-11-5-6-13-12(9-11)15(7-3-2-4-8-15)14(18-13)17-10-16/h5-6,9H,2-4,7-8H2,1H3,(H,17,18). The first-order valence-electron chi connectivity index (χ1n) is 6.62. The van der Waals surface area contributed by atoms with Crippen LogP contribution in [0.25, 0.3) is 0 Å². The summed E-state index contributed by atoms with van der Waals surface area (Å²) in [5, 5.41) is 11.8. The molecule has 2 aliphatic rings. The maximum atomic E-state index is 8.93. The van der Waals surface area contributed by atoms with E-state index in [9.17, 15) is 0 Å². The summed E-state index contributed by atoms with van der Waals surface area (Å²) in [6.07, 6.45) is 8.00. The van der Waals surface area contributed by atoms with E-state index in [-0.39, 0.29) is 5.41 Å². The topological polar surface area (TPSA) is 48.2 Å². The summed E-state index contributed by atoms with van der Waals surface area (Å²) < 4.78 is 0. The molecule has 0 aromatic heterocycles. The predicted octanol–water partition coefficient (Wildman–Crippen LogP) is 3.31. The Labute approximate surface area is 108 Å². The molecular weight excluding hydrogens is 222 g/mol. The number of nitriles is 1. The van der Waals surface area contributed by atoms with Crippen LogP contribution in [0.1, 0.15) is 43.2 Å². The number of nitrogens with zero attached hydrogens (tertiary/aromatic N) is 2. The molecule has 1 aliphatic heterocycles. The summed E-state index contributed by atoms with van der Waals surface area (Å²) in [5.41, 5.74) is 3.61. The number of nitrogens with one attached hydrogen (secondary N) is 1. The van der Waals surface area contributed by atoms with Crippen molar-refractivity contribution in [2.45, 2.75) is 44.4 Å². The molecule has 0 bridgehead atoms. The molecular formula is C15H17N3. The maximum Gasteiger partial charge on any atom is 0.182 e. The van der Waals surface area contributed by atoms with Crippen molar-refractivity contribution in [1.82, 2.24) is 5.32 Å². The van der Waals surface area contributed by atoms with Crippen LogP contribution in [-0.2, 0) is 5.41 Å². The van der Waals surface area contributed by atoms with Gasteiger partial charge in [-0.15, -0.1) is 0 Å². The molecule has 0 unspecified atom stereocenters. The summed E-state index contributed by atoms with van der Waals surface area (Å²) >= 11 is 0. The lowest BCUT2D eigenvalue weighted by molar-refractivity contribution is 0.381. The molecule has 18 heavy (non-hydrogen) atoms. The Morgan fingerprint density at radius 2 is 2.06 bits per heavy atom. The molecule has 1 fully saturated rings. The molecule has 0 atom stereocenters. The molecule has 3 rings (SSSR count). The lowest BCUT2D eigenvalue weighted by Gasteiger charge is -2.35. The Morgan fingerprint density at radius 3 is 2.78 bits per heavy atom. The smallest absolute Gasteiger partial charge is 0.182 e. The number of benzene rings is 1. The highest BCUT2D eigenvalue weighted by Crippen LogP contribution is 2.48. The van der Waals surface area contributed by atoms with Crippen LogP contribution in [-0.4, -0.2) is 5.84 Å². The van der Waals surface area contributed by atoms with Crippen molar-refractivity contribution in [3.63, 3.8) is 0 Å². The summed E-state index contributed by atoms with van der Waals surface area (Å²) in [7, 11) is 0. The van der Waals surface area contributed by atoms with E-state index >= 15 is 0 Å². The Hall–Kier alpha value is -1.82. The van der Waals surface area contributed by atoms with Gasteiger partial charge >= 0.3 is 0 Å². The van der Waals surface area contributed by atoms with Crippen LogP contribution in [0.5, 0.6) is 0 Å². The van der Waals surface area contributed by atoms with Crippen LogP contribution in [0.3, 0.4) is 0 Å². The fourth-order valence-corrected chi connectivity index (χ4v) is 3.35. The average molecular weight is 239 g/mol. The van der Waals surface area contributed by atoms with Gasteiger partial charge in [-0.1, -0.05) is 37.0 Å². The van der Waals surface area contributed by atoms with Gasteiger partial charge < -0.3 is 0 Å². The van der Waals surface area contributed by atoms with Crippen LogP contribution < -0.4 is 5.32 Å². The van der Waals surface area contributed by atoms with Gasteiger partial charge in [0.2, 0.25) is 0 Å². The third-order valence-corrected chi connectivity index (χ3v) is 4.23. The van der Waals surface area contributed by atoms with E-state index in [1.807, 2.05) is 6.19 Å². The van der Waals surface area contributed by atoms with Gasteiger partial charge in [0.15, 0.2) is 6.19 Å². The molecule has 1 saturated carbocycles. The lowest BCUT2D eigenvalue weighted by Crippen LogP contribution is -2.41. The third-order valence-electron chi connectivity index (χ3n) is 4.23. The van der Waals surface area contributed by atoms with Gasteiger partial charge in [0, 0.05) is 0 Å². The molecule has 3 nitrogen and oxygen atoms in total. The maximum absolute atomic E-state index is 8.93. The second-order valence-corrected chi connectivity index (χ2v) is 5.36. The minimum atomic E-state index is -0.0185. The summed E-state index contributed by atoms with van der Waals surface area (Å²) in [4.78, 5) is 4.64. The molecule has 0 amide bonds. The number of aryl methyl sites for hydroxylation is 1. The van der Waals surface area contributed by atoms with Gasteiger partial charge in [-0.2, -0.15) is 5.26 Å². The first kappa shape index (κ1) is 11.3. The van der Waals surface area contributed by atoms with Gasteiger partial charge in [-0.3, -0.25) is 5.32 Å². The number of aliphatic imine (C=N–C) groups is 1. The lowest BCUT2D eigenvalue weighted by atomic mass is 9.69. The van der Waals surface area contributed by atoms with Crippen LogP contribution in [0.4, 0.5) is 5.69 Å². The highest BCUT2D eigenvalue weighted by Gasteiger charge is 2.44. The molecule has 1 spiro atoms. The zero-order chi connectivity index (χ0) is 12.6. The van der Waals surface area contributed by atoms with Gasteiger partial charge in [0.25, 0.3) is 0 Å². The molecule has 1 aromatic carbocycles. The second-order valence-electron chi connectivity index (χ2n) is 5.36. The van der Waals surface area contributed by atoms with Crippen molar-refractivity contribution in [2.24, 2.45) is 4.99 Å². The quantitative estimate of drug-likeness (QED) is 0.557. The first-order valence-corrected chi connectivity index (χ1v) is 6.62. The number of amidine groups is 1. The fourth-order valence-electron chi connectivity index (χ4n) is 3.35. The number of hydrogen-bond acceptors (Lipinski definition) is 3. The van der Waals surface area contributed by atoms with Gasteiger partial charge in [0.05, 0.1) is 11.1 Å². The van der Waals surface area contributed by atoms with Crippen LogP contribution >= 0.6 is 0 Å². The molecule has 1 heterocycles. The van der Waals surface area contributed by atoms with Crippen LogP contribution in [0.15, 0.2) is 23.2 Å². The Morgan fingerprint density at radius 1 is 1.28 bits per heavy atom. The van der Waals surface area contributed by atoms with E-state index in [0.717, 1.165) is 24.4 Å². The SMILES string of the molecule is Cc1ccc2c(c1)C1(CCCCC1)C(NC#N)=N2. The zero-order valence-corrected chi connectivity index (χ0v) is 10.7. The molecule has 1 aromatic rings. The van der Waals surface area contributed by atoms with E-state index in [1.54, 1.807) is 0 Å². The van der Waals surface area contributed by atoms with Gasteiger partial charge in [0.1, 0.15) is 5.84 Å². The molecule has 1 aliphatic carbocycles. The first-order chi connectivity index (χ1) is 8.76. The average Bonchev–Trinajstić information content (AvgIpc) is 2.66. The van der Waals surface area contributed by atoms with Crippen molar-refractivity contribution in [2.75, 3.05) is 0 Å². The Kier molecular flexibility index (Phi) is 2.59. The van der Waals surface area contributed by atoms with E-state index in [1.165, 1.54) is 30.4 Å². The fraction of sp³-hybridized carbons (Fsp3) is 0.467. The highest BCUT2D eigenvalue weighted by atomic mass is 15.0. The summed E-state index contributed by atoms with van der Waals surface area (Å²) in [6, 6.07) is 6.41. The van der Waals surface area contributed by atoms with Crippen LogP contribution in [0.2, 0.25) is 0 Å². The van der Waals surface area contributed by atoms with E-state index in [2.05, 4.69) is 35.4 Å². The molecule has 0 radical (unpaired) electrons. The van der Waals surface area contributed by atoms with Crippen molar-refractivity contribution in [1.29, 1.82) is 5.26 Å². The van der Waals surface area contributed by atoms with Crippen LogP contribution in [0, 0.1) is 18.4 Å². The highest BCUT2D eigenvalue weighted by molar-refractivity contribution is 6.01. The van der Waals surface area contributed by atoms with Gasteiger partial charge in [-0.05, 0) is 31.4 Å². The monoisotopic (exact) mass is 239 g/mol. The number of hydrogen-bond donors (Lipinski definition) is 1. The van der Waals surface area contributed by atoms with E-state index in [4.69, 9.17) is 5.26 Å². The summed E-state index contributed by atoms with van der Waals surface area (Å²) in [5.74, 6) is 0.866. The molecule has 0 saturated heterocycles. The largest absolute Gasteiger partial charge is 0.280 e. The Balaban J connectivity index is 2.12. The summed E-state index contributed by atoms with van der Waals surface area (Å²) in [6.45, 7) is 2.12. The molecule has 1 N–H and O–H groups in total. The van der Waals surface area contributed by atoms with Crippen molar-refractivity contribution < 1.29 is 0 Å². The second kappa shape index (κ2) is 4.13. The van der Waals surface area contributed by atoms with Gasteiger partial charge in [-0.25, -0.2) is 4.99 Å². The van der Waals surface area contributed by atoms with Crippen molar-refractivity contribution in [3.05, 3.63) is 29.3 Å². The van der Waals surface area contributed by atoms with E-state index in [0.29, 0.717) is 0 Å². The minimum Gasteiger partial charge on any atom is -0.280 e. The molecule has 92 valence electrons. The minimum absolute atomic E-state index is 0.0185. The van der Waals surface area contributed by atoms with Crippen molar-refractivity contribution in [3.8, 4) is 6.19 Å². The van der Waals surface area contributed by atoms with Crippen molar-refractivity contribution >= 4 is 11.5 Å². The normalized spacial score (nSPS) is 20.1. The predicted molar refractivity (Wildman–Crippen MR) is 71.8 cm³/mol. The zero-order valence-electron chi connectivity index (χ0n) is 10.7. The van der Waals surface area contributed by atoms with E-state index < -0.39 is 0 Å². The third kappa shape index (κ3) is 1.53. The number of fused-ring (bicyclic) bond motifs is 2. The Bertz CT molecular complexity index is 545. The number of rotatable bonds is 0.